The molecule has 2 aromatic carbocycles. The van der Waals surface area contributed by atoms with Gasteiger partial charge in [0.15, 0.2) is 0 Å². The number of hydrogen-bond acceptors (Lipinski definition) is 3. The molecule has 0 heterocycles. The Kier molecular flexibility index (Phi) is 3.94. The summed E-state index contributed by atoms with van der Waals surface area (Å²) in [5.74, 6) is -0.949. The quantitative estimate of drug-likeness (QED) is 0.838. The second-order valence-electron chi connectivity index (χ2n) is 4.86. The lowest BCUT2D eigenvalue weighted by Gasteiger charge is -2.22. The summed E-state index contributed by atoms with van der Waals surface area (Å²) in [6.45, 7) is 2.74. The lowest BCUT2D eigenvalue weighted by molar-refractivity contribution is 0.0697. The minimum atomic E-state index is -0.949. The molecular weight excluding hydrogens is 252 g/mol. The molecule has 0 bridgehead atoms. The van der Waals surface area contributed by atoms with Gasteiger partial charge in [-0.05, 0) is 36.2 Å². The Bertz CT molecular complexity index is 638. The number of carboxylic acids is 1. The number of aromatic carboxylic acids is 1. The average molecular weight is 270 g/mol. The van der Waals surface area contributed by atoms with Gasteiger partial charge in [0.25, 0.3) is 0 Å². The molecule has 0 saturated carbocycles. The van der Waals surface area contributed by atoms with Crippen molar-refractivity contribution in [2.75, 3.05) is 17.7 Å². The maximum Gasteiger partial charge on any atom is 0.335 e. The van der Waals surface area contributed by atoms with E-state index in [1.807, 2.05) is 24.1 Å². The van der Waals surface area contributed by atoms with E-state index in [9.17, 15) is 4.79 Å². The molecule has 2 rings (SSSR count). The van der Waals surface area contributed by atoms with Crippen LogP contribution < -0.4 is 10.6 Å². The third-order valence-electron chi connectivity index (χ3n) is 3.36. The number of anilines is 2. The van der Waals surface area contributed by atoms with Crippen LogP contribution in [-0.4, -0.2) is 18.1 Å². The fourth-order valence-corrected chi connectivity index (χ4v) is 2.14. The largest absolute Gasteiger partial charge is 0.478 e. The molecule has 0 spiro atoms. The van der Waals surface area contributed by atoms with Crippen LogP contribution in [0.25, 0.3) is 0 Å². The predicted molar refractivity (Wildman–Crippen MR) is 81.1 cm³/mol. The molecule has 2 aromatic rings. The van der Waals surface area contributed by atoms with E-state index < -0.39 is 5.97 Å². The van der Waals surface area contributed by atoms with Crippen LogP contribution >= 0.6 is 0 Å². The molecule has 0 aliphatic rings. The molecule has 0 unspecified atom stereocenters. The van der Waals surface area contributed by atoms with E-state index in [-0.39, 0.29) is 5.56 Å². The number of hydrogen-bond donors (Lipinski definition) is 2. The second kappa shape index (κ2) is 5.65. The number of carbonyl (C=O) groups is 1. The third-order valence-corrected chi connectivity index (χ3v) is 3.36. The van der Waals surface area contributed by atoms with Gasteiger partial charge in [0.2, 0.25) is 0 Å². The Labute approximate surface area is 118 Å². The zero-order valence-electron chi connectivity index (χ0n) is 11.6. The first-order valence-electron chi connectivity index (χ1n) is 6.37. The summed E-state index contributed by atoms with van der Waals surface area (Å²) in [4.78, 5) is 13.0. The van der Waals surface area contributed by atoms with E-state index in [2.05, 4.69) is 19.1 Å². The highest BCUT2D eigenvalue weighted by molar-refractivity contribution is 5.90. The number of nitrogens with zero attached hydrogens (tertiary/aromatic N) is 1. The normalized spacial score (nSPS) is 10.3. The summed E-state index contributed by atoms with van der Waals surface area (Å²) in [5.41, 5.74) is 9.89. The minimum Gasteiger partial charge on any atom is -0.478 e. The highest BCUT2D eigenvalue weighted by atomic mass is 16.4. The van der Waals surface area contributed by atoms with E-state index in [1.165, 1.54) is 17.2 Å². The first-order valence-corrected chi connectivity index (χ1v) is 6.37. The molecule has 20 heavy (non-hydrogen) atoms. The smallest absolute Gasteiger partial charge is 0.335 e. The Hall–Kier alpha value is -2.49. The number of carboxylic acid groups (broad SMARTS) is 1. The van der Waals surface area contributed by atoms with Gasteiger partial charge in [-0.1, -0.05) is 24.3 Å². The van der Waals surface area contributed by atoms with E-state index in [4.69, 9.17) is 10.8 Å². The summed E-state index contributed by atoms with van der Waals surface area (Å²) in [6.07, 6.45) is 0. The summed E-state index contributed by atoms with van der Waals surface area (Å²) in [7, 11) is 1.91. The summed E-state index contributed by atoms with van der Waals surface area (Å²) in [6, 6.07) is 12.9. The maximum atomic E-state index is 11.0. The molecule has 4 nitrogen and oxygen atoms in total. The van der Waals surface area contributed by atoms with Crippen molar-refractivity contribution < 1.29 is 9.90 Å². The van der Waals surface area contributed by atoms with E-state index >= 15 is 0 Å². The van der Waals surface area contributed by atoms with Crippen molar-refractivity contribution in [2.45, 2.75) is 13.5 Å². The van der Waals surface area contributed by atoms with Gasteiger partial charge in [-0.2, -0.15) is 0 Å². The lowest BCUT2D eigenvalue weighted by Crippen LogP contribution is -2.19. The van der Waals surface area contributed by atoms with Gasteiger partial charge in [0.1, 0.15) is 0 Å². The van der Waals surface area contributed by atoms with Crippen molar-refractivity contribution in [3.8, 4) is 0 Å². The van der Waals surface area contributed by atoms with Gasteiger partial charge in [0.05, 0.1) is 16.9 Å². The van der Waals surface area contributed by atoms with Crippen molar-refractivity contribution in [1.29, 1.82) is 0 Å². The van der Waals surface area contributed by atoms with Crippen LogP contribution in [0.1, 0.15) is 21.5 Å². The zero-order chi connectivity index (χ0) is 14.7. The first kappa shape index (κ1) is 13.9. The maximum absolute atomic E-state index is 11.0. The molecule has 0 saturated heterocycles. The molecule has 0 fully saturated rings. The number of benzene rings is 2. The Morgan fingerprint density at radius 3 is 2.60 bits per heavy atom. The van der Waals surface area contributed by atoms with E-state index in [0.29, 0.717) is 12.2 Å². The zero-order valence-corrected chi connectivity index (χ0v) is 11.6. The molecule has 0 amide bonds. The van der Waals surface area contributed by atoms with Gasteiger partial charge in [-0.25, -0.2) is 4.79 Å². The monoisotopic (exact) mass is 270 g/mol. The van der Waals surface area contributed by atoms with Crippen LogP contribution in [0.5, 0.6) is 0 Å². The minimum absolute atomic E-state index is 0.242. The number of nitrogen functional groups attached to an aromatic ring is 1. The Balaban J connectivity index is 2.29. The standard InChI is InChI=1S/C16H18N2O2/c1-11-5-3-4-6-13(11)10-18(2)15-9-12(16(19)20)7-8-14(15)17/h3-9H,10,17H2,1-2H3,(H,19,20). The van der Waals surface area contributed by atoms with Gasteiger partial charge in [-0.3, -0.25) is 0 Å². The van der Waals surface area contributed by atoms with E-state index in [1.54, 1.807) is 12.1 Å². The molecule has 0 aliphatic carbocycles. The fourth-order valence-electron chi connectivity index (χ4n) is 2.14. The predicted octanol–water partition coefficient (Wildman–Crippen LogP) is 2.91. The number of aryl methyl sites for hydroxylation is 1. The van der Waals surface area contributed by atoms with Crippen molar-refractivity contribution in [2.24, 2.45) is 0 Å². The van der Waals surface area contributed by atoms with Crippen LogP contribution in [0.4, 0.5) is 11.4 Å². The number of nitrogens with two attached hydrogens (primary N) is 1. The van der Waals surface area contributed by atoms with Gasteiger partial charge in [0, 0.05) is 13.6 Å². The highest BCUT2D eigenvalue weighted by Crippen LogP contribution is 2.25. The van der Waals surface area contributed by atoms with Gasteiger partial charge >= 0.3 is 5.97 Å². The van der Waals surface area contributed by atoms with Gasteiger partial charge < -0.3 is 15.7 Å². The van der Waals surface area contributed by atoms with Crippen LogP contribution in [-0.2, 0) is 6.54 Å². The third kappa shape index (κ3) is 2.91. The Morgan fingerprint density at radius 2 is 1.95 bits per heavy atom. The SMILES string of the molecule is Cc1ccccc1CN(C)c1cc(C(=O)O)ccc1N. The van der Waals surface area contributed by atoms with Gasteiger partial charge in [-0.15, -0.1) is 0 Å². The molecule has 0 radical (unpaired) electrons. The van der Waals surface area contributed by atoms with Crippen molar-refractivity contribution in [1.82, 2.24) is 0 Å². The van der Waals surface area contributed by atoms with Crippen molar-refractivity contribution >= 4 is 17.3 Å². The van der Waals surface area contributed by atoms with Crippen molar-refractivity contribution in [3.63, 3.8) is 0 Å². The van der Waals surface area contributed by atoms with E-state index in [0.717, 1.165) is 5.69 Å². The van der Waals surface area contributed by atoms with Crippen LogP contribution in [0.2, 0.25) is 0 Å². The topological polar surface area (TPSA) is 66.6 Å². The summed E-state index contributed by atoms with van der Waals surface area (Å²) >= 11 is 0. The molecule has 104 valence electrons. The summed E-state index contributed by atoms with van der Waals surface area (Å²) < 4.78 is 0. The molecular formula is C16H18N2O2. The molecule has 3 N–H and O–H groups in total. The van der Waals surface area contributed by atoms with Crippen molar-refractivity contribution in [3.05, 3.63) is 59.2 Å². The van der Waals surface area contributed by atoms with Crippen LogP contribution in [0, 0.1) is 6.92 Å². The van der Waals surface area contributed by atoms with Crippen LogP contribution in [0.15, 0.2) is 42.5 Å². The Morgan fingerprint density at radius 1 is 1.25 bits per heavy atom. The molecule has 0 aliphatic heterocycles. The summed E-state index contributed by atoms with van der Waals surface area (Å²) in [5, 5.41) is 9.06. The molecule has 0 atom stereocenters. The first-order chi connectivity index (χ1) is 9.49. The fraction of sp³-hybridized carbons (Fsp3) is 0.188. The highest BCUT2D eigenvalue weighted by Gasteiger charge is 2.11. The molecule has 0 aromatic heterocycles. The van der Waals surface area contributed by atoms with Crippen LogP contribution in [0.3, 0.4) is 0 Å². The number of rotatable bonds is 4. The second-order valence-corrected chi connectivity index (χ2v) is 4.86. The lowest BCUT2D eigenvalue weighted by atomic mass is 10.1. The molecule has 4 heteroatoms. The average Bonchev–Trinajstić information content (AvgIpc) is 2.41.